The lowest BCUT2D eigenvalue weighted by molar-refractivity contribution is -0.144. The molecular formula is C30H29N3O3. The topological polar surface area (TPSA) is 73.2 Å². The Morgan fingerprint density at radius 3 is 1.81 bits per heavy atom. The fraction of sp³-hybridized carbons (Fsp3) is 0.167. The first-order valence-electron chi connectivity index (χ1n) is 11.7. The zero-order valence-corrected chi connectivity index (χ0v) is 20.4. The van der Waals surface area contributed by atoms with Crippen molar-refractivity contribution < 1.29 is 14.3 Å². The predicted octanol–water partition coefficient (Wildman–Crippen LogP) is 4.50. The molecule has 1 unspecified atom stereocenters. The number of esters is 1. The summed E-state index contributed by atoms with van der Waals surface area (Å²) in [5.41, 5.74) is 3.42. The van der Waals surface area contributed by atoms with E-state index in [-0.39, 0.29) is 6.42 Å². The summed E-state index contributed by atoms with van der Waals surface area (Å²) in [6.45, 7) is 5.24. The molecule has 182 valence electrons. The molecule has 0 saturated carbocycles. The molecular weight excluding hydrogens is 450 g/mol. The van der Waals surface area contributed by atoms with Gasteiger partial charge in [0, 0.05) is 18.2 Å². The summed E-state index contributed by atoms with van der Waals surface area (Å²) >= 11 is 0. The predicted molar refractivity (Wildman–Crippen MR) is 139 cm³/mol. The van der Waals surface area contributed by atoms with Crippen molar-refractivity contribution in [2.45, 2.75) is 24.9 Å². The van der Waals surface area contributed by atoms with Crippen LogP contribution in [0.1, 0.15) is 29.3 Å². The van der Waals surface area contributed by atoms with Crippen molar-refractivity contribution in [3.8, 4) is 0 Å². The lowest BCUT2D eigenvalue weighted by Crippen LogP contribution is -2.43. The number of hydrogen-bond donors (Lipinski definition) is 1. The van der Waals surface area contributed by atoms with Crippen molar-refractivity contribution in [1.29, 1.82) is 0 Å². The van der Waals surface area contributed by atoms with Crippen LogP contribution in [0, 0.1) is 0 Å². The molecule has 36 heavy (non-hydrogen) atoms. The Hall–Kier alpha value is -4.45. The van der Waals surface area contributed by atoms with E-state index in [9.17, 15) is 9.59 Å². The first-order valence-corrected chi connectivity index (χ1v) is 11.7. The summed E-state index contributed by atoms with van der Waals surface area (Å²) in [6.07, 6.45) is 3.88. The number of nitrogens with one attached hydrogen (secondary N) is 1. The summed E-state index contributed by atoms with van der Waals surface area (Å²) in [5, 5.41) is 2.70. The molecule has 1 atom stereocenters. The van der Waals surface area contributed by atoms with Crippen LogP contribution in [0.5, 0.6) is 0 Å². The third kappa shape index (κ3) is 4.84. The summed E-state index contributed by atoms with van der Waals surface area (Å²) in [5.74, 6) is -0.948. The number of imidazole rings is 1. The van der Waals surface area contributed by atoms with Crippen LogP contribution in [0.2, 0.25) is 0 Å². The number of methoxy groups -OCH3 is 1. The molecule has 0 radical (unpaired) electrons. The molecule has 6 nitrogen and oxygen atoms in total. The second kappa shape index (κ2) is 10.9. The van der Waals surface area contributed by atoms with Gasteiger partial charge in [0.05, 0.1) is 19.1 Å². The number of carbonyl (C=O) groups excluding carboxylic acids is 2. The van der Waals surface area contributed by atoms with Gasteiger partial charge < -0.3 is 14.6 Å². The van der Waals surface area contributed by atoms with Gasteiger partial charge >= 0.3 is 5.97 Å². The Morgan fingerprint density at radius 2 is 1.39 bits per heavy atom. The second-order valence-electron chi connectivity index (χ2n) is 8.61. The summed E-state index contributed by atoms with van der Waals surface area (Å²) in [7, 11) is 1.30. The Morgan fingerprint density at radius 1 is 0.917 bits per heavy atom. The van der Waals surface area contributed by atoms with Gasteiger partial charge in [0.25, 0.3) is 0 Å². The van der Waals surface area contributed by atoms with Crippen LogP contribution in [-0.2, 0) is 26.3 Å². The molecule has 0 aliphatic carbocycles. The first kappa shape index (κ1) is 24.7. The van der Waals surface area contributed by atoms with Crippen molar-refractivity contribution in [1.82, 2.24) is 14.9 Å². The number of carbonyl (C=O) groups is 2. The second-order valence-corrected chi connectivity index (χ2v) is 8.61. The van der Waals surface area contributed by atoms with Crippen LogP contribution in [0.15, 0.2) is 116 Å². The van der Waals surface area contributed by atoms with Gasteiger partial charge in [0.1, 0.15) is 11.6 Å². The van der Waals surface area contributed by atoms with Crippen LogP contribution in [0.25, 0.3) is 0 Å². The molecule has 0 spiro atoms. The average molecular weight is 480 g/mol. The molecule has 1 aromatic heterocycles. The van der Waals surface area contributed by atoms with Crippen molar-refractivity contribution in [2.75, 3.05) is 7.11 Å². The zero-order chi connectivity index (χ0) is 25.5. The first-order chi connectivity index (χ1) is 17.5. The number of nitrogens with zero attached hydrogens (tertiary/aromatic N) is 2. The van der Waals surface area contributed by atoms with Crippen molar-refractivity contribution >= 4 is 11.9 Å². The highest BCUT2D eigenvalue weighted by Gasteiger charge is 2.38. The van der Waals surface area contributed by atoms with E-state index in [2.05, 4.69) is 57.8 Å². The van der Waals surface area contributed by atoms with Gasteiger partial charge in [-0.05, 0) is 23.6 Å². The van der Waals surface area contributed by atoms with Crippen LogP contribution in [-0.4, -0.2) is 34.6 Å². The fourth-order valence-electron chi connectivity index (χ4n) is 4.46. The maximum Gasteiger partial charge on any atom is 0.328 e. The highest BCUT2D eigenvalue weighted by molar-refractivity contribution is 5.95. The van der Waals surface area contributed by atoms with Gasteiger partial charge in [0.2, 0.25) is 5.91 Å². The Labute approximate surface area is 211 Å². The standard InChI is InChI=1S/C30H29N3O3/c1-22(2)28(34)32-27(29(35)36-3)19-26-20-33(21-31-26)30(23-13-7-4-8-14-23,24-15-9-5-10-16-24)25-17-11-6-12-18-25/h4-18,20-21,27H,1,19H2,2-3H3,(H,32,34). The third-order valence-electron chi connectivity index (χ3n) is 6.19. The van der Waals surface area contributed by atoms with E-state index in [1.54, 1.807) is 13.3 Å². The SMILES string of the molecule is C=C(C)C(=O)NC(Cc1cn(C(c2ccccc2)(c2ccccc2)c2ccccc2)cn1)C(=O)OC. The molecule has 1 amide bonds. The van der Waals surface area contributed by atoms with Gasteiger partial charge in [-0.15, -0.1) is 0 Å². The molecule has 0 aliphatic heterocycles. The Balaban J connectivity index is 1.85. The highest BCUT2D eigenvalue weighted by Crippen LogP contribution is 2.40. The van der Waals surface area contributed by atoms with Gasteiger partial charge in [0.15, 0.2) is 0 Å². The van der Waals surface area contributed by atoms with Crippen LogP contribution in [0.3, 0.4) is 0 Å². The van der Waals surface area contributed by atoms with E-state index in [0.29, 0.717) is 11.3 Å². The smallest absolute Gasteiger partial charge is 0.328 e. The van der Waals surface area contributed by atoms with Crippen LogP contribution >= 0.6 is 0 Å². The minimum Gasteiger partial charge on any atom is -0.467 e. The molecule has 4 aromatic rings. The molecule has 0 saturated heterocycles. The summed E-state index contributed by atoms with van der Waals surface area (Å²) in [4.78, 5) is 29.3. The van der Waals surface area contributed by atoms with Crippen molar-refractivity contribution in [2.24, 2.45) is 0 Å². The number of amides is 1. The normalized spacial score (nSPS) is 11.9. The molecule has 0 aliphatic rings. The monoisotopic (exact) mass is 479 g/mol. The number of ether oxygens (including phenoxy) is 1. The van der Waals surface area contributed by atoms with Gasteiger partial charge in [-0.2, -0.15) is 0 Å². The fourth-order valence-corrected chi connectivity index (χ4v) is 4.46. The Kier molecular flexibility index (Phi) is 7.44. The minimum absolute atomic E-state index is 0.174. The molecule has 0 bridgehead atoms. The van der Waals surface area contributed by atoms with E-state index in [1.807, 2.05) is 60.8 Å². The van der Waals surface area contributed by atoms with Crippen molar-refractivity contribution in [3.63, 3.8) is 0 Å². The van der Waals surface area contributed by atoms with Crippen LogP contribution < -0.4 is 5.32 Å². The maximum absolute atomic E-state index is 12.4. The summed E-state index contributed by atoms with van der Waals surface area (Å²) in [6, 6.07) is 29.8. The van der Waals surface area contributed by atoms with E-state index in [0.717, 1.165) is 16.7 Å². The molecule has 4 rings (SSSR count). The number of benzene rings is 3. The third-order valence-corrected chi connectivity index (χ3v) is 6.19. The number of aromatic nitrogens is 2. The molecule has 1 heterocycles. The maximum atomic E-state index is 12.4. The van der Waals surface area contributed by atoms with E-state index in [1.165, 1.54) is 7.11 Å². The van der Waals surface area contributed by atoms with Gasteiger partial charge in [-0.3, -0.25) is 4.79 Å². The van der Waals surface area contributed by atoms with Gasteiger partial charge in [-0.1, -0.05) is 97.6 Å². The minimum atomic E-state index is -0.887. The molecule has 6 heteroatoms. The average Bonchev–Trinajstić information content (AvgIpc) is 3.38. The van der Waals surface area contributed by atoms with Gasteiger partial charge in [-0.25, -0.2) is 9.78 Å². The number of hydrogen-bond acceptors (Lipinski definition) is 4. The summed E-state index contributed by atoms with van der Waals surface area (Å²) < 4.78 is 7.00. The Bertz CT molecular complexity index is 1230. The van der Waals surface area contributed by atoms with E-state index < -0.39 is 23.5 Å². The largest absolute Gasteiger partial charge is 0.467 e. The molecule has 3 aromatic carbocycles. The molecule has 0 fully saturated rings. The van der Waals surface area contributed by atoms with E-state index in [4.69, 9.17) is 4.74 Å². The van der Waals surface area contributed by atoms with Crippen molar-refractivity contribution in [3.05, 3.63) is 138 Å². The van der Waals surface area contributed by atoms with Crippen LogP contribution in [0.4, 0.5) is 0 Å². The lowest BCUT2D eigenvalue weighted by atomic mass is 9.77. The molecule has 1 N–H and O–H groups in total. The zero-order valence-electron chi connectivity index (χ0n) is 20.4. The lowest BCUT2D eigenvalue weighted by Gasteiger charge is -2.37. The quantitative estimate of drug-likeness (QED) is 0.218. The highest BCUT2D eigenvalue weighted by atomic mass is 16.5. The number of rotatable bonds is 9. The van der Waals surface area contributed by atoms with E-state index >= 15 is 0 Å².